The van der Waals surface area contributed by atoms with Crippen LogP contribution in [0.25, 0.3) is 22.5 Å². The van der Waals surface area contributed by atoms with Gasteiger partial charge in [0.25, 0.3) is 5.09 Å². The quantitative estimate of drug-likeness (QED) is 0.118. The van der Waals surface area contributed by atoms with Gasteiger partial charge in [-0.3, -0.25) is 0 Å². The van der Waals surface area contributed by atoms with Gasteiger partial charge < -0.3 is 19.2 Å². The lowest BCUT2D eigenvalue weighted by atomic mass is 9.98. The highest BCUT2D eigenvalue weighted by Crippen LogP contribution is 2.30. The van der Waals surface area contributed by atoms with Crippen LogP contribution in [0, 0.1) is 10.1 Å². The second-order valence-corrected chi connectivity index (χ2v) is 9.54. The molecule has 4 rings (SSSR count). The maximum Gasteiger partial charge on any atom is 0.453 e. The number of benzene rings is 2. The Morgan fingerprint density at radius 3 is 2.45 bits per heavy atom. The van der Waals surface area contributed by atoms with Gasteiger partial charge in [-0.2, -0.15) is 0 Å². The molecule has 14 nitrogen and oxygen atoms in total. The van der Waals surface area contributed by atoms with Crippen molar-refractivity contribution in [3.63, 3.8) is 0 Å². The van der Waals surface area contributed by atoms with E-state index in [1.807, 2.05) is 42.5 Å². The molecule has 0 atom stereocenters. The molecule has 42 heavy (non-hydrogen) atoms. The summed E-state index contributed by atoms with van der Waals surface area (Å²) in [6, 6.07) is 15.0. The first-order chi connectivity index (χ1) is 20.3. The lowest BCUT2D eigenvalue weighted by Crippen LogP contribution is -2.17. The molecular weight excluding hydrogens is 570 g/mol. The van der Waals surface area contributed by atoms with E-state index >= 15 is 0 Å². The molecule has 0 unspecified atom stereocenters. The Bertz CT molecular complexity index is 1550. The van der Waals surface area contributed by atoms with Crippen molar-refractivity contribution in [2.75, 3.05) is 13.2 Å². The summed E-state index contributed by atoms with van der Waals surface area (Å²) < 4.78 is 6.74. The van der Waals surface area contributed by atoms with Crippen molar-refractivity contribution >= 4 is 23.7 Å². The van der Waals surface area contributed by atoms with Crippen molar-refractivity contribution in [2.24, 2.45) is 0 Å². The highest BCUT2D eigenvalue weighted by atomic mass is 35.5. The van der Waals surface area contributed by atoms with Gasteiger partial charge in [0.2, 0.25) is 5.82 Å². The van der Waals surface area contributed by atoms with Gasteiger partial charge in [-0.15, -0.1) is 20.3 Å². The zero-order chi connectivity index (χ0) is 30.1. The SMILES string of the molecule is CCCCc1nc(Cl)c(C(=O)O)n1Cc1ccc(-c2ccccc2-c2nnn(C(=O)OCCCCO[N+](=O)[O-])n2)cc1. The Balaban J connectivity index is 1.47. The first kappa shape index (κ1) is 30.1. The number of aromatic nitrogens is 6. The summed E-state index contributed by atoms with van der Waals surface area (Å²) in [5.41, 5.74) is 3.11. The maximum atomic E-state index is 12.3. The smallest absolute Gasteiger partial charge is 0.453 e. The predicted molar refractivity (Wildman–Crippen MR) is 150 cm³/mol. The normalized spacial score (nSPS) is 10.9. The number of hydrogen-bond acceptors (Lipinski definition) is 10. The van der Waals surface area contributed by atoms with Gasteiger partial charge in [0.15, 0.2) is 10.8 Å². The number of carbonyl (C=O) groups is 2. The van der Waals surface area contributed by atoms with Crippen molar-refractivity contribution in [3.05, 3.63) is 80.9 Å². The Labute approximate surface area is 244 Å². The third-order valence-electron chi connectivity index (χ3n) is 6.27. The molecule has 0 aliphatic carbocycles. The number of halogens is 1. The average Bonchev–Trinajstić information content (AvgIpc) is 3.58. The minimum Gasteiger partial charge on any atom is -0.476 e. The summed E-state index contributed by atoms with van der Waals surface area (Å²) in [7, 11) is 0. The summed E-state index contributed by atoms with van der Waals surface area (Å²) >= 11 is 6.16. The van der Waals surface area contributed by atoms with Crippen LogP contribution in [0.15, 0.2) is 48.5 Å². The number of rotatable bonds is 14. The van der Waals surface area contributed by atoms with Gasteiger partial charge in [-0.05, 0) is 41.2 Å². The van der Waals surface area contributed by atoms with Crippen LogP contribution in [0.1, 0.15) is 54.5 Å². The number of aromatic carboxylic acids is 1. The molecule has 15 heteroatoms. The predicted octanol–water partition coefficient (Wildman–Crippen LogP) is 4.92. The van der Waals surface area contributed by atoms with Crippen LogP contribution in [0.5, 0.6) is 0 Å². The molecule has 2 aromatic heterocycles. The first-order valence-electron chi connectivity index (χ1n) is 13.2. The second-order valence-electron chi connectivity index (χ2n) is 9.19. The number of hydrogen-bond donors (Lipinski definition) is 1. The molecule has 0 bridgehead atoms. The van der Waals surface area contributed by atoms with Crippen molar-refractivity contribution in [2.45, 2.75) is 45.6 Å². The second kappa shape index (κ2) is 14.2. The van der Waals surface area contributed by atoms with E-state index in [0.29, 0.717) is 37.2 Å². The van der Waals surface area contributed by atoms with Crippen LogP contribution < -0.4 is 0 Å². The zero-order valence-electron chi connectivity index (χ0n) is 22.7. The average molecular weight is 598 g/mol. The summed E-state index contributed by atoms with van der Waals surface area (Å²) in [6.07, 6.45) is 2.30. The van der Waals surface area contributed by atoms with Crippen LogP contribution >= 0.6 is 11.6 Å². The Kier molecular flexibility index (Phi) is 10.2. The molecule has 2 aromatic carbocycles. The monoisotopic (exact) mass is 597 g/mol. The first-order valence-corrected chi connectivity index (χ1v) is 13.6. The molecule has 0 spiro atoms. The molecule has 0 saturated heterocycles. The minimum absolute atomic E-state index is 0.0129. The number of carboxylic acid groups (broad SMARTS) is 1. The molecular formula is C27H28ClN7O7. The summed E-state index contributed by atoms with van der Waals surface area (Å²) in [6.45, 7) is 2.27. The molecule has 0 radical (unpaired) electrons. The van der Waals surface area contributed by atoms with Crippen molar-refractivity contribution < 1.29 is 29.4 Å². The number of tetrazole rings is 1. The summed E-state index contributed by atoms with van der Waals surface area (Å²) in [5.74, 6) is -0.288. The standard InChI is InChI=1S/C27H28ClN7O7/c1-2-3-10-22-29-24(28)23(26(36)37)33(22)17-18-11-13-19(14-12-18)20-8-4-5-9-21(20)25-30-32-34(31-25)27(38)41-15-6-7-16-42-35(39)40/h4-5,8-9,11-14H,2-3,6-7,10,15-17H2,1H3,(H,36,37). The number of carbonyl (C=O) groups excluding carboxylic acids is 1. The number of ether oxygens (including phenoxy) is 1. The Morgan fingerprint density at radius 2 is 1.76 bits per heavy atom. The van der Waals surface area contributed by atoms with E-state index in [2.05, 4.69) is 32.2 Å². The highest BCUT2D eigenvalue weighted by Gasteiger charge is 2.22. The fourth-order valence-corrected chi connectivity index (χ4v) is 4.51. The van der Waals surface area contributed by atoms with Gasteiger partial charge >= 0.3 is 12.1 Å². The van der Waals surface area contributed by atoms with Crippen LogP contribution in [-0.2, 0) is 22.5 Å². The van der Waals surface area contributed by atoms with E-state index in [4.69, 9.17) is 16.3 Å². The van der Waals surface area contributed by atoms with E-state index in [1.54, 1.807) is 10.6 Å². The molecule has 0 aliphatic heterocycles. The van der Waals surface area contributed by atoms with Gasteiger partial charge in [0, 0.05) is 18.5 Å². The molecule has 1 N–H and O–H groups in total. The van der Waals surface area contributed by atoms with Crippen LogP contribution in [0.4, 0.5) is 4.79 Å². The van der Waals surface area contributed by atoms with Crippen molar-refractivity contribution in [1.82, 2.24) is 29.8 Å². The Hall–Kier alpha value is -4.85. The van der Waals surface area contributed by atoms with E-state index in [1.165, 1.54) is 0 Å². The number of nitrogens with zero attached hydrogens (tertiary/aromatic N) is 7. The van der Waals surface area contributed by atoms with Crippen LogP contribution in [-0.4, -0.2) is 65.2 Å². The topological polar surface area (TPSA) is 177 Å². The summed E-state index contributed by atoms with van der Waals surface area (Å²) in [4.78, 5) is 43.6. The lowest BCUT2D eigenvalue weighted by molar-refractivity contribution is -0.757. The molecule has 0 amide bonds. The Morgan fingerprint density at radius 1 is 1.05 bits per heavy atom. The van der Waals surface area contributed by atoms with Crippen molar-refractivity contribution in [1.29, 1.82) is 0 Å². The third kappa shape index (κ3) is 7.46. The highest BCUT2D eigenvalue weighted by molar-refractivity contribution is 6.32. The fraction of sp³-hybridized carbons (Fsp3) is 0.333. The molecule has 0 fully saturated rings. The number of unbranched alkanes of at least 4 members (excludes halogenated alkanes) is 2. The summed E-state index contributed by atoms with van der Waals surface area (Å²) in [5, 5.41) is 30.9. The van der Waals surface area contributed by atoms with Gasteiger partial charge in [0.05, 0.1) is 13.2 Å². The number of aryl methyl sites for hydroxylation is 1. The van der Waals surface area contributed by atoms with E-state index in [0.717, 1.165) is 34.3 Å². The van der Waals surface area contributed by atoms with Gasteiger partial charge in [-0.25, -0.2) is 14.6 Å². The molecule has 220 valence electrons. The van der Waals surface area contributed by atoms with Gasteiger partial charge in [0.1, 0.15) is 5.82 Å². The van der Waals surface area contributed by atoms with Gasteiger partial charge in [-0.1, -0.05) is 78.3 Å². The molecule has 0 aliphatic rings. The molecule has 0 saturated carbocycles. The zero-order valence-corrected chi connectivity index (χ0v) is 23.4. The molecule has 2 heterocycles. The third-order valence-corrected chi connectivity index (χ3v) is 6.54. The minimum atomic E-state index is -1.13. The number of imidazole rings is 1. The van der Waals surface area contributed by atoms with E-state index in [-0.39, 0.29) is 29.9 Å². The lowest BCUT2D eigenvalue weighted by Gasteiger charge is -2.12. The van der Waals surface area contributed by atoms with Crippen LogP contribution in [0.3, 0.4) is 0 Å². The largest absolute Gasteiger partial charge is 0.476 e. The maximum absolute atomic E-state index is 12.3. The van der Waals surface area contributed by atoms with Crippen LogP contribution in [0.2, 0.25) is 5.15 Å². The van der Waals surface area contributed by atoms with E-state index in [9.17, 15) is 24.8 Å². The molecule has 4 aromatic rings. The van der Waals surface area contributed by atoms with Crippen molar-refractivity contribution in [3.8, 4) is 22.5 Å². The number of carboxylic acids is 1. The van der Waals surface area contributed by atoms with E-state index < -0.39 is 17.1 Å². The fourth-order valence-electron chi connectivity index (χ4n) is 4.23.